The number of benzene rings is 2. The normalized spacial score (nSPS) is 17.5. The number of amides is 2. The number of nitrogens with zero attached hydrogens (tertiary/aromatic N) is 5. The van der Waals surface area contributed by atoms with Gasteiger partial charge in [-0.1, -0.05) is 67.6 Å². The fourth-order valence-electron chi connectivity index (χ4n) is 4.33. The second-order valence-electron chi connectivity index (χ2n) is 7.97. The summed E-state index contributed by atoms with van der Waals surface area (Å²) in [6.45, 7) is 3.97. The first-order valence-corrected chi connectivity index (χ1v) is 11.5. The number of rotatable bonds is 6. The standard InChI is InChI=1S/C24H24BrN5O/c1-2-13-28-22-20(29(23(25)27-22)15-18-11-7-4-8-12-18)21-26-19(16-30(21)24(28)31)14-17-9-5-3-6-10-17/h3-12,19H,2,13-16H2,1H3/t19-/m1/s1. The fourth-order valence-corrected chi connectivity index (χ4v) is 4.80. The minimum Gasteiger partial charge on any atom is -0.310 e. The third kappa shape index (κ3) is 3.67. The van der Waals surface area contributed by atoms with Crippen LogP contribution in [0.5, 0.6) is 0 Å². The first-order valence-electron chi connectivity index (χ1n) is 10.7. The quantitative estimate of drug-likeness (QED) is 0.515. The van der Waals surface area contributed by atoms with Crippen molar-refractivity contribution in [1.29, 1.82) is 0 Å². The van der Waals surface area contributed by atoms with Crippen LogP contribution in [0.3, 0.4) is 0 Å². The van der Waals surface area contributed by atoms with E-state index >= 15 is 0 Å². The first kappa shape index (κ1) is 20.0. The van der Waals surface area contributed by atoms with Gasteiger partial charge in [0.05, 0.1) is 19.1 Å². The van der Waals surface area contributed by atoms with Crippen LogP contribution in [-0.2, 0) is 13.0 Å². The molecule has 6 nitrogen and oxygen atoms in total. The lowest BCUT2D eigenvalue weighted by atomic mass is 10.1. The van der Waals surface area contributed by atoms with Crippen LogP contribution in [0.2, 0.25) is 0 Å². The monoisotopic (exact) mass is 477 g/mol. The van der Waals surface area contributed by atoms with Crippen molar-refractivity contribution < 1.29 is 4.79 Å². The molecule has 1 atom stereocenters. The first-order chi connectivity index (χ1) is 15.2. The Morgan fingerprint density at radius 1 is 1.03 bits per heavy atom. The van der Waals surface area contributed by atoms with Gasteiger partial charge in [-0.05, 0) is 39.9 Å². The average Bonchev–Trinajstić information content (AvgIpc) is 3.34. The molecule has 3 aromatic rings. The maximum atomic E-state index is 13.3. The maximum Gasteiger partial charge on any atom is 0.331 e. The zero-order chi connectivity index (χ0) is 21.4. The number of halogens is 1. The Morgan fingerprint density at radius 3 is 2.39 bits per heavy atom. The highest BCUT2D eigenvalue weighted by Crippen LogP contribution is 2.35. The Labute approximate surface area is 190 Å². The van der Waals surface area contributed by atoms with Gasteiger partial charge in [0.15, 0.2) is 16.4 Å². The highest BCUT2D eigenvalue weighted by Gasteiger charge is 2.43. The van der Waals surface area contributed by atoms with Gasteiger partial charge in [-0.2, -0.15) is 0 Å². The molecule has 0 radical (unpaired) electrons. The van der Waals surface area contributed by atoms with E-state index in [1.165, 1.54) is 11.1 Å². The van der Waals surface area contributed by atoms with Gasteiger partial charge in [0.1, 0.15) is 5.69 Å². The van der Waals surface area contributed by atoms with Crippen LogP contribution in [0.4, 0.5) is 10.6 Å². The van der Waals surface area contributed by atoms with Crippen molar-refractivity contribution in [2.45, 2.75) is 32.4 Å². The third-order valence-electron chi connectivity index (χ3n) is 5.73. The lowest BCUT2D eigenvalue weighted by Gasteiger charge is -2.33. The van der Waals surface area contributed by atoms with Gasteiger partial charge < -0.3 is 4.57 Å². The summed E-state index contributed by atoms with van der Waals surface area (Å²) in [6, 6.07) is 20.6. The summed E-state index contributed by atoms with van der Waals surface area (Å²) in [5.41, 5.74) is 3.32. The molecule has 0 spiro atoms. The summed E-state index contributed by atoms with van der Waals surface area (Å²) in [7, 11) is 0. The Hall–Kier alpha value is -2.93. The number of aliphatic imine (C=N–C) groups is 1. The molecule has 0 saturated heterocycles. The molecule has 0 saturated carbocycles. The molecule has 1 aromatic heterocycles. The molecular formula is C24H24BrN5O. The van der Waals surface area contributed by atoms with Crippen molar-refractivity contribution in [3.05, 3.63) is 82.2 Å². The van der Waals surface area contributed by atoms with Crippen molar-refractivity contribution in [2.75, 3.05) is 18.0 Å². The van der Waals surface area contributed by atoms with Gasteiger partial charge >= 0.3 is 6.03 Å². The fraction of sp³-hybridized carbons (Fsp3) is 0.292. The molecule has 0 N–H and O–H groups in total. The summed E-state index contributed by atoms with van der Waals surface area (Å²) < 4.78 is 2.84. The minimum atomic E-state index is -0.0273. The number of hydrogen-bond donors (Lipinski definition) is 0. The lowest BCUT2D eigenvalue weighted by Crippen LogP contribution is -2.51. The largest absolute Gasteiger partial charge is 0.331 e. The molecule has 158 valence electrons. The average molecular weight is 478 g/mol. The van der Waals surface area contributed by atoms with Crippen molar-refractivity contribution >= 4 is 33.6 Å². The summed E-state index contributed by atoms with van der Waals surface area (Å²) in [6.07, 6.45) is 1.67. The molecule has 31 heavy (non-hydrogen) atoms. The van der Waals surface area contributed by atoms with Crippen LogP contribution in [0.15, 0.2) is 70.4 Å². The van der Waals surface area contributed by atoms with Crippen LogP contribution in [0.1, 0.15) is 30.2 Å². The number of carbonyl (C=O) groups excluding carboxylic acids is 1. The summed E-state index contributed by atoms with van der Waals surface area (Å²) in [5, 5.41) is 0. The second-order valence-corrected chi connectivity index (χ2v) is 8.68. The van der Waals surface area contributed by atoms with E-state index in [4.69, 9.17) is 9.98 Å². The van der Waals surface area contributed by atoms with Crippen LogP contribution < -0.4 is 4.90 Å². The Balaban J connectivity index is 1.56. The highest BCUT2D eigenvalue weighted by atomic mass is 79.9. The number of carbonyl (C=O) groups is 1. The molecule has 2 aromatic carbocycles. The van der Waals surface area contributed by atoms with Crippen molar-refractivity contribution in [2.24, 2.45) is 4.99 Å². The smallest absolute Gasteiger partial charge is 0.310 e. The van der Waals surface area contributed by atoms with Crippen LogP contribution in [-0.4, -0.2) is 45.4 Å². The third-order valence-corrected chi connectivity index (χ3v) is 6.34. The molecule has 3 heterocycles. The molecule has 0 unspecified atom stereocenters. The topological polar surface area (TPSA) is 53.7 Å². The predicted molar refractivity (Wildman–Crippen MR) is 126 cm³/mol. The minimum absolute atomic E-state index is 0.0273. The van der Waals surface area contributed by atoms with Gasteiger partial charge in [-0.3, -0.25) is 14.8 Å². The number of hydrogen-bond acceptors (Lipinski definition) is 3. The number of imidazole rings is 1. The summed E-state index contributed by atoms with van der Waals surface area (Å²) >= 11 is 3.64. The maximum absolute atomic E-state index is 13.3. The molecule has 2 amide bonds. The number of amidine groups is 1. The van der Waals surface area contributed by atoms with Gasteiger partial charge in [-0.25, -0.2) is 9.78 Å². The molecule has 2 aliphatic rings. The van der Waals surface area contributed by atoms with Crippen LogP contribution in [0.25, 0.3) is 0 Å². The highest BCUT2D eigenvalue weighted by molar-refractivity contribution is 9.10. The summed E-state index contributed by atoms with van der Waals surface area (Å²) in [4.78, 5) is 26.7. The van der Waals surface area contributed by atoms with Gasteiger partial charge in [0, 0.05) is 6.54 Å². The molecule has 7 heteroatoms. The Bertz CT molecular complexity index is 1130. The van der Waals surface area contributed by atoms with E-state index in [0.29, 0.717) is 30.2 Å². The van der Waals surface area contributed by atoms with E-state index in [1.807, 2.05) is 41.3 Å². The zero-order valence-electron chi connectivity index (χ0n) is 17.4. The van der Waals surface area contributed by atoms with E-state index in [2.05, 4.69) is 51.7 Å². The molecule has 0 bridgehead atoms. The number of urea groups is 1. The summed E-state index contributed by atoms with van der Waals surface area (Å²) in [5.74, 6) is 1.44. The van der Waals surface area contributed by atoms with E-state index in [0.717, 1.165) is 24.4 Å². The van der Waals surface area contributed by atoms with E-state index in [1.54, 1.807) is 4.90 Å². The Morgan fingerprint density at radius 2 is 1.71 bits per heavy atom. The van der Waals surface area contributed by atoms with E-state index < -0.39 is 0 Å². The molecular weight excluding hydrogens is 454 g/mol. The predicted octanol–water partition coefficient (Wildman–Crippen LogP) is 4.72. The van der Waals surface area contributed by atoms with Crippen molar-refractivity contribution in [3.63, 3.8) is 0 Å². The van der Waals surface area contributed by atoms with Crippen molar-refractivity contribution in [1.82, 2.24) is 14.5 Å². The van der Waals surface area contributed by atoms with Crippen LogP contribution >= 0.6 is 15.9 Å². The number of aromatic nitrogens is 2. The molecule has 2 aliphatic heterocycles. The van der Waals surface area contributed by atoms with Crippen LogP contribution in [0, 0.1) is 0 Å². The van der Waals surface area contributed by atoms with E-state index in [-0.39, 0.29) is 12.1 Å². The van der Waals surface area contributed by atoms with Crippen molar-refractivity contribution in [3.8, 4) is 0 Å². The van der Waals surface area contributed by atoms with Gasteiger partial charge in [-0.15, -0.1) is 0 Å². The molecule has 0 fully saturated rings. The van der Waals surface area contributed by atoms with Gasteiger partial charge in [0.2, 0.25) is 0 Å². The van der Waals surface area contributed by atoms with E-state index in [9.17, 15) is 4.79 Å². The lowest BCUT2D eigenvalue weighted by molar-refractivity contribution is 0.226. The number of anilines is 1. The number of fused-ring (bicyclic) bond motifs is 3. The zero-order valence-corrected chi connectivity index (χ0v) is 19.0. The second kappa shape index (κ2) is 8.30. The Kier molecular flexibility index (Phi) is 5.36. The SMILES string of the molecule is CCCN1C(=O)N2C[C@@H](Cc3ccccc3)N=C2c2c1nc(Br)n2Cc1ccccc1. The van der Waals surface area contributed by atoms with Gasteiger partial charge in [0.25, 0.3) is 0 Å². The molecule has 5 rings (SSSR count). The molecule has 0 aliphatic carbocycles.